The summed E-state index contributed by atoms with van der Waals surface area (Å²) in [7, 11) is 0. The molecule has 6 heteroatoms. The second kappa shape index (κ2) is 54.7. The van der Waals surface area contributed by atoms with Gasteiger partial charge in [0.05, 0.1) is 0 Å². The highest BCUT2D eigenvalue weighted by Crippen LogP contribution is 2.16. The highest BCUT2D eigenvalue weighted by atomic mass is 16.6. The van der Waals surface area contributed by atoms with Crippen molar-refractivity contribution in [1.29, 1.82) is 0 Å². The minimum atomic E-state index is -0.784. The Bertz CT molecular complexity index is 1200. The molecule has 1 atom stereocenters. The maximum Gasteiger partial charge on any atom is 0.306 e. The summed E-state index contributed by atoms with van der Waals surface area (Å²) in [5.41, 5.74) is 0. The number of carbonyl (C=O) groups excluding carboxylic acids is 3. The molecule has 0 fully saturated rings. The Morgan fingerprint density at radius 3 is 1.05 bits per heavy atom. The van der Waals surface area contributed by atoms with Crippen molar-refractivity contribution in [3.63, 3.8) is 0 Å². The van der Waals surface area contributed by atoms with Crippen molar-refractivity contribution in [2.24, 2.45) is 0 Å². The topological polar surface area (TPSA) is 78.9 Å². The van der Waals surface area contributed by atoms with Crippen molar-refractivity contribution < 1.29 is 28.6 Å². The van der Waals surface area contributed by atoms with Crippen LogP contribution in [0, 0.1) is 0 Å². The van der Waals surface area contributed by atoms with Crippen LogP contribution in [-0.2, 0) is 28.6 Å². The van der Waals surface area contributed by atoms with E-state index in [1.807, 2.05) is 0 Å². The summed E-state index contributed by atoms with van der Waals surface area (Å²) in [6.07, 6.45) is 67.7. The van der Waals surface area contributed by atoms with Gasteiger partial charge in [-0.3, -0.25) is 14.4 Å². The number of hydrogen-bond acceptors (Lipinski definition) is 6. The molecule has 0 aromatic rings. The molecule has 66 heavy (non-hydrogen) atoms. The van der Waals surface area contributed by atoms with Crippen LogP contribution >= 0.6 is 0 Å². The zero-order chi connectivity index (χ0) is 47.9. The first-order valence-electron chi connectivity index (χ1n) is 28.3. The number of rotatable bonds is 51. The van der Waals surface area contributed by atoms with E-state index in [2.05, 4.69) is 81.5 Å². The van der Waals surface area contributed by atoms with Crippen molar-refractivity contribution in [3.05, 3.63) is 60.8 Å². The van der Waals surface area contributed by atoms with Gasteiger partial charge in [-0.2, -0.15) is 0 Å². The van der Waals surface area contributed by atoms with Gasteiger partial charge >= 0.3 is 17.9 Å². The molecule has 0 saturated heterocycles. The van der Waals surface area contributed by atoms with E-state index in [-0.39, 0.29) is 31.1 Å². The lowest BCUT2D eigenvalue weighted by Crippen LogP contribution is -2.30. The van der Waals surface area contributed by atoms with Crippen LogP contribution in [0.25, 0.3) is 0 Å². The lowest BCUT2D eigenvalue weighted by atomic mass is 10.0. The van der Waals surface area contributed by atoms with Crippen LogP contribution in [0.2, 0.25) is 0 Å². The van der Waals surface area contributed by atoms with Gasteiger partial charge < -0.3 is 14.2 Å². The standard InChI is InChI=1S/C60H106O6/c1-4-7-10-13-16-19-22-25-28-30-33-35-38-41-44-47-50-53-59(62)65-56-57(55-64-58(61)52-49-46-43-40-37-34-31-27-24-21-18-15-12-9-6-3)66-60(63)54-51-48-45-42-39-36-32-29-26-23-20-17-14-11-8-5-2/h8,11,17-18,20-21,24,26-27,29,57H,4-7,9-10,12-16,19,22-23,25,28,30-56H2,1-3H3/b11-8-,20-17-,21-18-,27-24-,29-26-. The molecule has 0 aromatic heterocycles. The van der Waals surface area contributed by atoms with E-state index in [4.69, 9.17) is 14.2 Å². The monoisotopic (exact) mass is 923 g/mol. The molecule has 0 N–H and O–H groups in total. The Kier molecular flexibility index (Phi) is 52.3. The van der Waals surface area contributed by atoms with Crippen molar-refractivity contribution in [1.82, 2.24) is 0 Å². The molecule has 0 amide bonds. The van der Waals surface area contributed by atoms with E-state index in [1.54, 1.807) is 0 Å². The van der Waals surface area contributed by atoms with Crippen LogP contribution in [0.3, 0.4) is 0 Å². The van der Waals surface area contributed by atoms with Crippen molar-refractivity contribution >= 4 is 17.9 Å². The Hall–Kier alpha value is -2.89. The molecule has 0 heterocycles. The lowest BCUT2D eigenvalue weighted by Gasteiger charge is -2.18. The summed E-state index contributed by atoms with van der Waals surface area (Å²) in [6.45, 7) is 6.51. The fraction of sp³-hybridized carbons (Fsp3) is 0.783. The number of esters is 3. The summed E-state index contributed by atoms with van der Waals surface area (Å²) in [6, 6.07) is 0. The number of ether oxygens (including phenoxy) is 3. The van der Waals surface area contributed by atoms with Gasteiger partial charge in [-0.25, -0.2) is 0 Å². The minimum Gasteiger partial charge on any atom is -0.462 e. The molecule has 382 valence electrons. The predicted octanol–water partition coefficient (Wildman–Crippen LogP) is 18.8. The Morgan fingerprint density at radius 1 is 0.333 bits per heavy atom. The molecule has 0 spiro atoms. The fourth-order valence-corrected chi connectivity index (χ4v) is 8.04. The third kappa shape index (κ3) is 52.1. The smallest absolute Gasteiger partial charge is 0.306 e. The summed E-state index contributed by atoms with van der Waals surface area (Å²) < 4.78 is 16.9. The zero-order valence-electron chi connectivity index (χ0n) is 43.7. The maximum absolute atomic E-state index is 12.8. The molecule has 0 radical (unpaired) electrons. The van der Waals surface area contributed by atoms with Crippen LogP contribution in [0.5, 0.6) is 0 Å². The van der Waals surface area contributed by atoms with Gasteiger partial charge in [-0.1, -0.05) is 248 Å². The number of carbonyl (C=O) groups is 3. The third-order valence-corrected chi connectivity index (χ3v) is 12.3. The van der Waals surface area contributed by atoms with Gasteiger partial charge in [0.15, 0.2) is 6.10 Å². The average Bonchev–Trinajstić information content (AvgIpc) is 3.31. The maximum atomic E-state index is 12.8. The second-order valence-electron chi connectivity index (χ2n) is 18.9. The van der Waals surface area contributed by atoms with E-state index in [1.165, 1.54) is 148 Å². The van der Waals surface area contributed by atoms with Gasteiger partial charge in [-0.15, -0.1) is 0 Å². The summed E-state index contributed by atoms with van der Waals surface area (Å²) in [5, 5.41) is 0. The van der Waals surface area contributed by atoms with Gasteiger partial charge in [0, 0.05) is 19.3 Å². The molecule has 6 nitrogen and oxygen atoms in total. The largest absolute Gasteiger partial charge is 0.462 e. The lowest BCUT2D eigenvalue weighted by molar-refractivity contribution is -0.167. The van der Waals surface area contributed by atoms with E-state index >= 15 is 0 Å². The first kappa shape index (κ1) is 63.1. The number of unbranched alkanes of at least 4 members (excludes halogenated alkanes) is 31. The summed E-state index contributed by atoms with van der Waals surface area (Å²) >= 11 is 0. The molecular formula is C60H106O6. The SMILES string of the molecule is CC/C=C\C/C=C\C/C=C\CCCCCCCCC(=O)OC(COC(=O)CCCCCCCC/C=C\C=C/CCCCC)COC(=O)CCCCCCCCCCCCCCCCCCC. The number of allylic oxidation sites excluding steroid dienone is 10. The van der Waals surface area contributed by atoms with Crippen LogP contribution in [0.1, 0.15) is 284 Å². The van der Waals surface area contributed by atoms with E-state index in [0.717, 1.165) is 96.3 Å². The second-order valence-corrected chi connectivity index (χ2v) is 18.9. The molecule has 0 aliphatic rings. The average molecular weight is 924 g/mol. The molecule has 0 rings (SSSR count). The van der Waals surface area contributed by atoms with Crippen LogP contribution in [0.4, 0.5) is 0 Å². The highest BCUT2D eigenvalue weighted by Gasteiger charge is 2.19. The Balaban J connectivity index is 4.39. The molecule has 1 unspecified atom stereocenters. The predicted molar refractivity (Wildman–Crippen MR) is 284 cm³/mol. The molecule has 0 bridgehead atoms. The van der Waals surface area contributed by atoms with Gasteiger partial charge in [0.2, 0.25) is 0 Å². The van der Waals surface area contributed by atoms with Crippen molar-refractivity contribution in [2.75, 3.05) is 13.2 Å². The summed E-state index contributed by atoms with van der Waals surface area (Å²) in [5.74, 6) is -0.895. The fourth-order valence-electron chi connectivity index (χ4n) is 8.04. The molecule has 0 saturated carbocycles. The Labute approximate surface area is 409 Å². The molecular weight excluding hydrogens is 817 g/mol. The van der Waals surface area contributed by atoms with Gasteiger partial charge in [0.1, 0.15) is 13.2 Å². The Morgan fingerprint density at radius 2 is 0.636 bits per heavy atom. The zero-order valence-corrected chi connectivity index (χ0v) is 43.7. The normalized spacial score (nSPS) is 12.5. The van der Waals surface area contributed by atoms with Crippen LogP contribution in [0.15, 0.2) is 60.8 Å². The van der Waals surface area contributed by atoms with E-state index < -0.39 is 6.10 Å². The summed E-state index contributed by atoms with van der Waals surface area (Å²) in [4.78, 5) is 38.1. The quantitative estimate of drug-likeness (QED) is 0.0199. The highest BCUT2D eigenvalue weighted by molar-refractivity contribution is 5.71. The van der Waals surface area contributed by atoms with Crippen molar-refractivity contribution in [2.45, 2.75) is 290 Å². The van der Waals surface area contributed by atoms with Crippen LogP contribution < -0.4 is 0 Å². The first-order valence-corrected chi connectivity index (χ1v) is 28.3. The molecule has 0 aromatic carbocycles. The van der Waals surface area contributed by atoms with Crippen molar-refractivity contribution in [3.8, 4) is 0 Å². The first-order chi connectivity index (χ1) is 32.5. The minimum absolute atomic E-state index is 0.0811. The third-order valence-electron chi connectivity index (χ3n) is 12.3. The molecule has 0 aliphatic carbocycles. The number of hydrogen-bond donors (Lipinski definition) is 0. The van der Waals surface area contributed by atoms with E-state index in [9.17, 15) is 14.4 Å². The van der Waals surface area contributed by atoms with E-state index in [0.29, 0.717) is 19.3 Å². The van der Waals surface area contributed by atoms with Crippen LogP contribution in [-0.4, -0.2) is 37.2 Å². The van der Waals surface area contributed by atoms with Gasteiger partial charge in [0.25, 0.3) is 0 Å². The molecule has 0 aliphatic heterocycles. The van der Waals surface area contributed by atoms with Gasteiger partial charge in [-0.05, 0) is 77.0 Å².